The van der Waals surface area contributed by atoms with E-state index in [9.17, 15) is 0 Å². The van der Waals surface area contributed by atoms with Gasteiger partial charge in [0.05, 0.1) is 6.61 Å². The van der Waals surface area contributed by atoms with Crippen molar-refractivity contribution in [2.24, 2.45) is 17.8 Å². The van der Waals surface area contributed by atoms with Crippen LogP contribution in [0.15, 0.2) is 0 Å². The third-order valence-electron chi connectivity index (χ3n) is 3.53. The fourth-order valence-electron chi connectivity index (χ4n) is 2.75. The highest BCUT2D eigenvalue weighted by atomic mass is 16.5. The molecule has 12 heavy (non-hydrogen) atoms. The Labute approximate surface area is 74.9 Å². The summed E-state index contributed by atoms with van der Waals surface area (Å²) in [6, 6.07) is 0. The Balaban J connectivity index is 1.68. The molecular weight excluding hydrogens is 150 g/mol. The lowest BCUT2D eigenvalue weighted by Gasteiger charge is -2.18. The third-order valence-corrected chi connectivity index (χ3v) is 3.53. The Hall–Kier alpha value is -0.0800. The number of fused-ring (bicyclic) bond motifs is 1. The smallest absolute Gasteiger partial charge is 0.0589 e. The number of hydrogen-bond donors (Lipinski definition) is 0. The predicted octanol–water partition coefficient (Wildman–Crippen LogP) is 1.22. The van der Waals surface area contributed by atoms with Gasteiger partial charge < -0.3 is 9.64 Å². The van der Waals surface area contributed by atoms with Gasteiger partial charge in [0.25, 0.3) is 0 Å². The fraction of sp³-hybridized carbons (Fsp3) is 1.00. The molecule has 2 aliphatic rings. The van der Waals surface area contributed by atoms with E-state index in [1.807, 2.05) is 0 Å². The van der Waals surface area contributed by atoms with Crippen molar-refractivity contribution < 1.29 is 4.74 Å². The molecule has 0 bridgehead atoms. The molecule has 2 heteroatoms. The van der Waals surface area contributed by atoms with Crippen molar-refractivity contribution >= 4 is 0 Å². The van der Waals surface area contributed by atoms with Gasteiger partial charge in [0.2, 0.25) is 0 Å². The molecule has 70 valence electrons. The van der Waals surface area contributed by atoms with E-state index in [1.54, 1.807) is 7.11 Å². The van der Waals surface area contributed by atoms with Gasteiger partial charge in [-0.2, -0.15) is 0 Å². The summed E-state index contributed by atoms with van der Waals surface area (Å²) in [5.41, 5.74) is 0. The quantitative estimate of drug-likeness (QED) is 0.627. The Morgan fingerprint density at radius 2 is 2.00 bits per heavy atom. The average molecular weight is 169 g/mol. The van der Waals surface area contributed by atoms with Gasteiger partial charge in [0.1, 0.15) is 0 Å². The summed E-state index contributed by atoms with van der Waals surface area (Å²) in [7, 11) is 1.78. The van der Waals surface area contributed by atoms with Crippen LogP contribution in [-0.2, 0) is 4.74 Å². The van der Waals surface area contributed by atoms with Crippen LogP contribution in [0, 0.1) is 17.8 Å². The lowest BCUT2D eigenvalue weighted by Crippen LogP contribution is -2.27. The SMILES string of the molecule is CCC1[C@H]2CN(CCOC)C[C@@H]12. The van der Waals surface area contributed by atoms with Crippen molar-refractivity contribution in [2.75, 3.05) is 33.4 Å². The van der Waals surface area contributed by atoms with E-state index in [4.69, 9.17) is 4.74 Å². The number of nitrogens with zero attached hydrogens (tertiary/aromatic N) is 1. The molecule has 1 saturated carbocycles. The predicted molar refractivity (Wildman–Crippen MR) is 49.1 cm³/mol. The molecule has 0 N–H and O–H groups in total. The largest absolute Gasteiger partial charge is 0.383 e. The van der Waals surface area contributed by atoms with E-state index in [0.29, 0.717) is 0 Å². The molecule has 2 rings (SSSR count). The molecule has 3 atom stereocenters. The van der Waals surface area contributed by atoms with Gasteiger partial charge in [-0.15, -0.1) is 0 Å². The zero-order valence-electron chi connectivity index (χ0n) is 8.12. The monoisotopic (exact) mass is 169 g/mol. The van der Waals surface area contributed by atoms with Gasteiger partial charge in [0, 0.05) is 26.7 Å². The van der Waals surface area contributed by atoms with Gasteiger partial charge in [-0.1, -0.05) is 13.3 Å². The van der Waals surface area contributed by atoms with E-state index in [0.717, 1.165) is 30.9 Å². The Morgan fingerprint density at radius 3 is 2.50 bits per heavy atom. The second-order valence-corrected chi connectivity index (χ2v) is 4.15. The van der Waals surface area contributed by atoms with Crippen LogP contribution in [0.1, 0.15) is 13.3 Å². The molecule has 1 aliphatic carbocycles. The van der Waals surface area contributed by atoms with Crippen molar-refractivity contribution in [1.82, 2.24) is 4.90 Å². The van der Waals surface area contributed by atoms with Gasteiger partial charge in [-0.25, -0.2) is 0 Å². The Bertz CT molecular complexity index is 148. The number of methoxy groups -OCH3 is 1. The molecule has 1 aliphatic heterocycles. The van der Waals surface area contributed by atoms with Crippen LogP contribution in [0.2, 0.25) is 0 Å². The Kier molecular flexibility index (Phi) is 2.37. The highest BCUT2D eigenvalue weighted by molar-refractivity contribution is 5.04. The van der Waals surface area contributed by atoms with E-state index in [-0.39, 0.29) is 0 Å². The number of rotatable bonds is 4. The fourth-order valence-corrected chi connectivity index (χ4v) is 2.75. The van der Waals surface area contributed by atoms with Crippen LogP contribution < -0.4 is 0 Å². The zero-order valence-corrected chi connectivity index (χ0v) is 8.12. The van der Waals surface area contributed by atoms with Crippen molar-refractivity contribution in [3.63, 3.8) is 0 Å². The van der Waals surface area contributed by atoms with Crippen LogP contribution in [0.5, 0.6) is 0 Å². The maximum absolute atomic E-state index is 5.07. The summed E-state index contributed by atoms with van der Waals surface area (Å²) >= 11 is 0. The summed E-state index contributed by atoms with van der Waals surface area (Å²) < 4.78 is 5.07. The molecule has 0 aromatic heterocycles. The lowest BCUT2D eigenvalue weighted by molar-refractivity contribution is 0.151. The zero-order chi connectivity index (χ0) is 8.55. The third kappa shape index (κ3) is 1.38. The standard InChI is InChI=1S/C10H19NO/c1-3-8-9-6-11(4-5-12-2)7-10(8)9/h8-10H,3-7H2,1-2H3/t8?,9-,10+. The van der Waals surface area contributed by atoms with E-state index >= 15 is 0 Å². The highest BCUT2D eigenvalue weighted by Gasteiger charge is 2.53. The first kappa shape index (κ1) is 8.52. The van der Waals surface area contributed by atoms with Crippen molar-refractivity contribution in [3.8, 4) is 0 Å². The molecule has 2 nitrogen and oxygen atoms in total. The molecule has 0 radical (unpaired) electrons. The number of hydrogen-bond acceptors (Lipinski definition) is 2. The number of ether oxygens (including phenoxy) is 1. The number of likely N-dealkylation sites (tertiary alicyclic amines) is 1. The molecule has 2 fully saturated rings. The molecular formula is C10H19NO. The Morgan fingerprint density at radius 1 is 1.33 bits per heavy atom. The van der Waals surface area contributed by atoms with E-state index < -0.39 is 0 Å². The topological polar surface area (TPSA) is 12.5 Å². The summed E-state index contributed by atoms with van der Waals surface area (Å²) in [5.74, 6) is 3.17. The molecule has 1 unspecified atom stereocenters. The normalized spacial score (nSPS) is 40.0. The van der Waals surface area contributed by atoms with Crippen molar-refractivity contribution in [2.45, 2.75) is 13.3 Å². The maximum Gasteiger partial charge on any atom is 0.0589 e. The van der Waals surface area contributed by atoms with E-state index in [1.165, 1.54) is 19.5 Å². The van der Waals surface area contributed by atoms with E-state index in [2.05, 4.69) is 11.8 Å². The lowest BCUT2D eigenvalue weighted by atomic mass is 10.2. The van der Waals surface area contributed by atoms with Crippen LogP contribution in [0.25, 0.3) is 0 Å². The molecule has 0 aromatic rings. The van der Waals surface area contributed by atoms with Crippen LogP contribution in [0.3, 0.4) is 0 Å². The van der Waals surface area contributed by atoms with Crippen molar-refractivity contribution in [1.29, 1.82) is 0 Å². The maximum atomic E-state index is 5.07. The highest BCUT2D eigenvalue weighted by Crippen LogP contribution is 2.53. The van der Waals surface area contributed by atoms with Crippen LogP contribution in [0.4, 0.5) is 0 Å². The first-order valence-electron chi connectivity index (χ1n) is 5.08. The molecule has 1 saturated heterocycles. The minimum Gasteiger partial charge on any atom is -0.383 e. The average Bonchev–Trinajstić information content (AvgIpc) is 2.56. The molecule has 0 spiro atoms. The molecule has 0 amide bonds. The second-order valence-electron chi connectivity index (χ2n) is 4.15. The van der Waals surface area contributed by atoms with Gasteiger partial charge in [-0.3, -0.25) is 0 Å². The van der Waals surface area contributed by atoms with Gasteiger partial charge in [-0.05, 0) is 17.8 Å². The summed E-state index contributed by atoms with van der Waals surface area (Å²) in [6.45, 7) is 7.04. The minimum atomic E-state index is 0.899. The molecule has 1 heterocycles. The van der Waals surface area contributed by atoms with Gasteiger partial charge in [0.15, 0.2) is 0 Å². The summed E-state index contributed by atoms with van der Waals surface area (Å²) in [4.78, 5) is 2.55. The van der Waals surface area contributed by atoms with Gasteiger partial charge >= 0.3 is 0 Å². The first-order chi connectivity index (χ1) is 5.86. The summed E-state index contributed by atoms with van der Waals surface area (Å²) in [6.07, 6.45) is 1.40. The van der Waals surface area contributed by atoms with Crippen molar-refractivity contribution in [3.05, 3.63) is 0 Å². The van der Waals surface area contributed by atoms with Crippen LogP contribution in [-0.4, -0.2) is 38.3 Å². The second kappa shape index (κ2) is 3.35. The minimum absolute atomic E-state index is 0.899. The first-order valence-corrected chi connectivity index (χ1v) is 5.08. The van der Waals surface area contributed by atoms with Crippen LogP contribution >= 0.6 is 0 Å². The summed E-state index contributed by atoms with van der Waals surface area (Å²) in [5, 5.41) is 0. The number of piperidine rings is 1. The molecule has 0 aromatic carbocycles.